The van der Waals surface area contributed by atoms with Crippen LogP contribution in [0.15, 0.2) is 34.2 Å². The van der Waals surface area contributed by atoms with Crippen LogP contribution in [0.3, 0.4) is 0 Å². The predicted molar refractivity (Wildman–Crippen MR) is 117 cm³/mol. The first-order chi connectivity index (χ1) is 13.3. The van der Waals surface area contributed by atoms with E-state index in [4.69, 9.17) is 0 Å². The van der Waals surface area contributed by atoms with E-state index in [0.717, 1.165) is 37.0 Å². The van der Waals surface area contributed by atoms with Crippen molar-refractivity contribution >= 4 is 15.8 Å². The van der Waals surface area contributed by atoms with Crippen molar-refractivity contribution in [2.75, 3.05) is 40.5 Å². The van der Waals surface area contributed by atoms with E-state index < -0.39 is 9.84 Å². The molecule has 0 amide bonds. The first kappa shape index (κ1) is 22.7. The van der Waals surface area contributed by atoms with E-state index in [-0.39, 0.29) is 0 Å². The second-order valence-electron chi connectivity index (χ2n) is 7.98. The monoisotopic (exact) mass is 408 g/mol. The lowest BCUT2D eigenvalue weighted by Gasteiger charge is -2.35. The number of aliphatic imine (C=N–C) groups is 1. The van der Waals surface area contributed by atoms with Crippen molar-refractivity contribution in [3.8, 4) is 0 Å². The molecule has 1 unspecified atom stereocenters. The highest BCUT2D eigenvalue weighted by Crippen LogP contribution is 2.28. The Balaban J connectivity index is 1.80. The number of hydrogen-bond donors (Lipinski definition) is 2. The number of hydrogen-bond acceptors (Lipinski definition) is 4. The summed E-state index contributed by atoms with van der Waals surface area (Å²) in [5, 5.41) is 6.84. The van der Waals surface area contributed by atoms with Gasteiger partial charge in [-0.15, -0.1) is 0 Å². The van der Waals surface area contributed by atoms with Crippen molar-refractivity contribution in [3.05, 3.63) is 29.8 Å². The molecule has 1 aromatic carbocycles. The largest absolute Gasteiger partial charge is 0.356 e. The van der Waals surface area contributed by atoms with E-state index >= 15 is 0 Å². The van der Waals surface area contributed by atoms with E-state index in [1.165, 1.54) is 38.4 Å². The Bertz CT molecular complexity index is 723. The van der Waals surface area contributed by atoms with Crippen molar-refractivity contribution in [3.63, 3.8) is 0 Å². The Morgan fingerprint density at radius 1 is 1.14 bits per heavy atom. The van der Waals surface area contributed by atoms with Gasteiger partial charge in [-0.3, -0.25) is 4.99 Å². The van der Waals surface area contributed by atoms with Gasteiger partial charge in [-0.1, -0.05) is 31.4 Å². The van der Waals surface area contributed by atoms with Crippen LogP contribution in [-0.4, -0.2) is 65.8 Å². The van der Waals surface area contributed by atoms with Crippen LogP contribution in [0.1, 0.15) is 37.7 Å². The fraction of sp³-hybridized carbons (Fsp3) is 0.667. The van der Waals surface area contributed by atoms with E-state index in [1.54, 1.807) is 19.2 Å². The summed E-state index contributed by atoms with van der Waals surface area (Å²) in [6, 6.07) is 7.61. The third-order valence-electron chi connectivity index (χ3n) is 5.62. The molecule has 2 N–H and O–H groups in total. The third-order valence-corrected chi connectivity index (χ3v) is 6.75. The highest BCUT2D eigenvalue weighted by molar-refractivity contribution is 7.90. The Morgan fingerprint density at radius 2 is 1.79 bits per heavy atom. The van der Waals surface area contributed by atoms with Crippen molar-refractivity contribution in [2.45, 2.75) is 49.5 Å². The van der Waals surface area contributed by atoms with E-state index in [9.17, 15) is 8.42 Å². The molecule has 7 heteroatoms. The summed E-state index contributed by atoms with van der Waals surface area (Å²) >= 11 is 0. The van der Waals surface area contributed by atoms with Gasteiger partial charge in [0.2, 0.25) is 0 Å². The first-order valence-corrected chi connectivity index (χ1v) is 12.1. The summed E-state index contributed by atoms with van der Waals surface area (Å²) in [7, 11) is 2.98. The average Bonchev–Trinajstić information content (AvgIpc) is 2.67. The summed E-state index contributed by atoms with van der Waals surface area (Å²) in [4.78, 5) is 7.03. The summed E-state index contributed by atoms with van der Waals surface area (Å²) in [6.07, 6.45) is 8.75. The molecule has 0 saturated heterocycles. The van der Waals surface area contributed by atoms with Crippen molar-refractivity contribution < 1.29 is 8.42 Å². The number of benzene rings is 1. The zero-order chi connectivity index (χ0) is 20.6. The van der Waals surface area contributed by atoms with Crippen LogP contribution in [0, 0.1) is 5.92 Å². The maximum Gasteiger partial charge on any atom is 0.191 e. The van der Waals surface area contributed by atoms with Crippen LogP contribution < -0.4 is 10.6 Å². The standard InChI is InChI=1S/C21H36N4O2S/c1-22-21(24-16-20(25(2)3)18-8-6-5-7-9-18)23-15-14-17-10-12-19(13-11-17)28(4,26)27/h10-13,18,20H,5-9,14-16H2,1-4H3,(H2,22,23,24). The second kappa shape index (κ2) is 10.8. The quantitative estimate of drug-likeness (QED) is 0.510. The van der Waals surface area contributed by atoms with E-state index in [0.29, 0.717) is 10.9 Å². The average molecular weight is 409 g/mol. The molecule has 1 saturated carbocycles. The molecular weight excluding hydrogens is 372 g/mol. The van der Waals surface area contributed by atoms with Crippen LogP contribution in [0.25, 0.3) is 0 Å². The fourth-order valence-corrected chi connectivity index (χ4v) is 4.57. The summed E-state index contributed by atoms with van der Waals surface area (Å²) in [5.41, 5.74) is 1.10. The summed E-state index contributed by atoms with van der Waals surface area (Å²) < 4.78 is 23.1. The SMILES string of the molecule is CN=C(NCCc1ccc(S(C)(=O)=O)cc1)NCC(C1CCCCC1)N(C)C. The molecule has 158 valence electrons. The molecule has 28 heavy (non-hydrogen) atoms. The smallest absolute Gasteiger partial charge is 0.191 e. The lowest BCUT2D eigenvalue weighted by atomic mass is 9.83. The minimum atomic E-state index is -3.14. The Labute approximate surface area is 170 Å². The number of nitrogens with one attached hydrogen (secondary N) is 2. The van der Waals surface area contributed by atoms with Gasteiger partial charge in [0.1, 0.15) is 0 Å². The van der Waals surface area contributed by atoms with E-state index in [1.807, 2.05) is 12.1 Å². The summed E-state index contributed by atoms with van der Waals surface area (Å²) in [6.45, 7) is 1.63. The van der Waals surface area contributed by atoms with Gasteiger partial charge in [0.25, 0.3) is 0 Å². The Kier molecular flexibility index (Phi) is 8.76. The zero-order valence-corrected chi connectivity index (χ0v) is 18.6. The van der Waals surface area contributed by atoms with Crippen LogP contribution >= 0.6 is 0 Å². The minimum absolute atomic E-state index is 0.360. The van der Waals surface area contributed by atoms with Gasteiger partial charge in [-0.2, -0.15) is 0 Å². The second-order valence-corrected chi connectivity index (χ2v) is 9.99. The number of guanidine groups is 1. The molecular formula is C21H36N4O2S. The summed E-state index contributed by atoms with van der Waals surface area (Å²) in [5.74, 6) is 1.57. The van der Waals surface area contributed by atoms with Gasteiger partial charge >= 0.3 is 0 Å². The Hall–Kier alpha value is -1.60. The molecule has 1 aliphatic rings. The third kappa shape index (κ3) is 7.09. The molecule has 1 aliphatic carbocycles. The molecule has 0 aromatic heterocycles. The van der Waals surface area contributed by atoms with Crippen molar-refractivity contribution in [1.29, 1.82) is 0 Å². The van der Waals surface area contributed by atoms with Crippen LogP contribution in [0.5, 0.6) is 0 Å². The van der Waals surface area contributed by atoms with Gasteiger partial charge in [0.05, 0.1) is 4.90 Å². The molecule has 0 aliphatic heterocycles. The van der Waals surface area contributed by atoms with Gasteiger partial charge in [-0.05, 0) is 57.0 Å². The number of likely N-dealkylation sites (N-methyl/N-ethyl adjacent to an activating group) is 1. The van der Waals surface area contributed by atoms with Crippen LogP contribution in [-0.2, 0) is 16.3 Å². The maximum atomic E-state index is 11.5. The molecule has 1 aromatic rings. The fourth-order valence-electron chi connectivity index (χ4n) is 3.94. The highest BCUT2D eigenvalue weighted by atomic mass is 32.2. The number of sulfone groups is 1. The number of rotatable bonds is 8. The molecule has 2 rings (SSSR count). The lowest BCUT2D eigenvalue weighted by molar-refractivity contribution is 0.171. The molecule has 0 spiro atoms. The molecule has 0 radical (unpaired) electrons. The van der Waals surface area contributed by atoms with Gasteiger partial charge in [-0.25, -0.2) is 8.42 Å². The molecule has 6 nitrogen and oxygen atoms in total. The Morgan fingerprint density at radius 3 is 2.32 bits per heavy atom. The highest BCUT2D eigenvalue weighted by Gasteiger charge is 2.25. The topological polar surface area (TPSA) is 73.8 Å². The first-order valence-electron chi connectivity index (χ1n) is 10.2. The molecule has 1 fully saturated rings. The van der Waals surface area contributed by atoms with Gasteiger partial charge < -0.3 is 15.5 Å². The molecule has 0 heterocycles. The van der Waals surface area contributed by atoms with Crippen LogP contribution in [0.2, 0.25) is 0 Å². The van der Waals surface area contributed by atoms with Crippen molar-refractivity contribution in [1.82, 2.24) is 15.5 Å². The minimum Gasteiger partial charge on any atom is -0.356 e. The molecule has 1 atom stereocenters. The normalized spacial score (nSPS) is 17.5. The van der Waals surface area contributed by atoms with Crippen molar-refractivity contribution in [2.24, 2.45) is 10.9 Å². The van der Waals surface area contributed by atoms with Gasteiger partial charge in [0.15, 0.2) is 15.8 Å². The van der Waals surface area contributed by atoms with E-state index in [2.05, 4.69) is 34.6 Å². The zero-order valence-electron chi connectivity index (χ0n) is 17.7. The predicted octanol–water partition coefficient (Wildman–Crippen LogP) is 2.31. The number of nitrogens with zero attached hydrogens (tertiary/aromatic N) is 2. The molecule has 0 bridgehead atoms. The van der Waals surface area contributed by atoms with Gasteiger partial charge in [0, 0.05) is 32.4 Å². The maximum absolute atomic E-state index is 11.5. The lowest BCUT2D eigenvalue weighted by Crippen LogP contribution is -2.48. The van der Waals surface area contributed by atoms with Crippen LogP contribution in [0.4, 0.5) is 0 Å².